The van der Waals surface area contributed by atoms with Gasteiger partial charge in [-0.2, -0.15) is 0 Å². The van der Waals surface area contributed by atoms with Gasteiger partial charge in [0.25, 0.3) is 0 Å². The quantitative estimate of drug-likeness (QED) is 0.291. The summed E-state index contributed by atoms with van der Waals surface area (Å²) >= 11 is 0. The summed E-state index contributed by atoms with van der Waals surface area (Å²) < 4.78 is 20.8. The van der Waals surface area contributed by atoms with Gasteiger partial charge in [-0.15, -0.1) is 6.42 Å². The summed E-state index contributed by atoms with van der Waals surface area (Å²) in [6, 6.07) is 5.72. The molecule has 0 saturated carbocycles. The van der Waals surface area contributed by atoms with Crippen molar-refractivity contribution in [3.8, 4) is 12.3 Å². The number of carbonyl (C=O) groups excluding carboxylic acids is 1. The molecule has 0 bridgehead atoms. The molecule has 0 N–H and O–H groups in total. The van der Waals surface area contributed by atoms with Gasteiger partial charge < -0.3 is 4.74 Å². The Labute approximate surface area is 181 Å². The largest absolute Gasteiger partial charge is 0.455 e. The van der Waals surface area contributed by atoms with Crippen LogP contribution < -0.4 is 0 Å². The number of likely N-dealkylation sites (tertiary alicyclic amines) is 1. The van der Waals surface area contributed by atoms with Gasteiger partial charge in [0.2, 0.25) is 0 Å². The Bertz CT molecular complexity index is 782. The van der Waals surface area contributed by atoms with Crippen LogP contribution in [-0.2, 0) is 9.53 Å². The highest BCUT2D eigenvalue weighted by Crippen LogP contribution is 2.31. The Morgan fingerprint density at radius 1 is 1.23 bits per heavy atom. The summed E-state index contributed by atoms with van der Waals surface area (Å²) in [5.74, 6) is 1.99. The molecule has 3 nitrogen and oxygen atoms in total. The van der Waals surface area contributed by atoms with Crippen LogP contribution in [0.5, 0.6) is 0 Å². The molecule has 1 aromatic carbocycles. The molecule has 2 unspecified atom stereocenters. The molecular formula is C26H34FNO2. The molecule has 0 aliphatic carbocycles. The van der Waals surface area contributed by atoms with Crippen LogP contribution in [0.4, 0.5) is 4.39 Å². The molecule has 1 fully saturated rings. The lowest BCUT2D eigenvalue weighted by Crippen LogP contribution is -2.41. The molecule has 1 aliphatic heterocycles. The monoisotopic (exact) mass is 411 g/mol. The average Bonchev–Trinajstić information content (AvgIpc) is 2.77. The van der Waals surface area contributed by atoms with E-state index in [2.05, 4.69) is 19.8 Å². The van der Waals surface area contributed by atoms with Gasteiger partial charge >= 0.3 is 5.97 Å². The number of rotatable bonds is 9. The second kappa shape index (κ2) is 12.3. The number of terminal acetylenes is 1. The van der Waals surface area contributed by atoms with E-state index in [-0.39, 0.29) is 11.7 Å². The maximum Gasteiger partial charge on any atom is 0.328 e. The topological polar surface area (TPSA) is 29.5 Å². The molecule has 1 heterocycles. The molecule has 1 saturated heterocycles. The molecule has 1 aliphatic rings. The zero-order valence-corrected chi connectivity index (χ0v) is 18.4. The highest BCUT2D eigenvalue weighted by molar-refractivity contribution is 5.78. The Morgan fingerprint density at radius 3 is 2.47 bits per heavy atom. The van der Waals surface area contributed by atoms with Gasteiger partial charge in [0.1, 0.15) is 18.0 Å². The summed E-state index contributed by atoms with van der Waals surface area (Å²) in [6.07, 6.45) is 15.6. The minimum absolute atomic E-state index is 0.101. The van der Waals surface area contributed by atoms with Crippen LogP contribution in [-0.4, -0.2) is 30.1 Å². The molecule has 0 radical (unpaired) electrons. The van der Waals surface area contributed by atoms with Crippen molar-refractivity contribution in [3.05, 3.63) is 59.4 Å². The highest BCUT2D eigenvalue weighted by Gasteiger charge is 2.35. The lowest BCUT2D eigenvalue weighted by molar-refractivity contribution is -0.157. The molecule has 2 atom stereocenters. The van der Waals surface area contributed by atoms with Crippen molar-refractivity contribution < 1.29 is 13.9 Å². The Balaban J connectivity index is 2.41. The number of hydrogen-bond acceptors (Lipinski definition) is 3. The predicted molar refractivity (Wildman–Crippen MR) is 120 cm³/mol. The number of nitrogens with zero attached hydrogens (tertiary/aromatic N) is 1. The summed E-state index contributed by atoms with van der Waals surface area (Å²) in [5, 5.41) is 0. The van der Waals surface area contributed by atoms with E-state index in [1.54, 1.807) is 18.2 Å². The minimum atomic E-state index is -0.760. The smallest absolute Gasteiger partial charge is 0.328 e. The van der Waals surface area contributed by atoms with Crippen molar-refractivity contribution in [3.63, 3.8) is 0 Å². The SMILES string of the molecule is C#CC(=CC=CC)C(OC(=O)C(c1ccccc1F)N1CCCCC1)C(CC)CC. The van der Waals surface area contributed by atoms with Crippen LogP contribution in [0.1, 0.15) is 64.5 Å². The van der Waals surface area contributed by atoms with Crippen LogP contribution in [0.15, 0.2) is 48.1 Å². The second-order valence-corrected chi connectivity index (χ2v) is 7.75. The first kappa shape index (κ1) is 23.9. The van der Waals surface area contributed by atoms with E-state index in [9.17, 15) is 9.18 Å². The number of carbonyl (C=O) groups is 1. The van der Waals surface area contributed by atoms with Crippen molar-refractivity contribution in [2.75, 3.05) is 13.1 Å². The molecule has 0 amide bonds. The fourth-order valence-corrected chi connectivity index (χ4v) is 4.09. The number of ether oxygens (including phenoxy) is 1. The van der Waals surface area contributed by atoms with Crippen molar-refractivity contribution in [1.29, 1.82) is 0 Å². The summed E-state index contributed by atoms with van der Waals surface area (Å²) in [4.78, 5) is 15.5. The Kier molecular flexibility index (Phi) is 9.83. The average molecular weight is 412 g/mol. The van der Waals surface area contributed by atoms with Gasteiger partial charge in [-0.05, 0) is 57.8 Å². The van der Waals surface area contributed by atoms with Crippen molar-refractivity contribution >= 4 is 5.97 Å². The molecule has 1 aromatic rings. The third-order valence-electron chi connectivity index (χ3n) is 5.84. The van der Waals surface area contributed by atoms with E-state index in [4.69, 9.17) is 11.2 Å². The van der Waals surface area contributed by atoms with Crippen LogP contribution >= 0.6 is 0 Å². The number of piperidine rings is 1. The fourth-order valence-electron chi connectivity index (χ4n) is 4.09. The van der Waals surface area contributed by atoms with E-state index < -0.39 is 18.1 Å². The minimum Gasteiger partial charge on any atom is -0.455 e. The first-order valence-corrected chi connectivity index (χ1v) is 11.1. The third-order valence-corrected chi connectivity index (χ3v) is 5.84. The van der Waals surface area contributed by atoms with Crippen LogP contribution in [0.25, 0.3) is 0 Å². The van der Waals surface area contributed by atoms with Gasteiger partial charge in [-0.3, -0.25) is 4.90 Å². The van der Waals surface area contributed by atoms with E-state index in [1.165, 1.54) is 6.07 Å². The standard InChI is InChI=1S/C26H34FNO2/c1-5-9-15-21(8-4)25(20(6-2)7-3)30-26(29)24(28-18-13-10-14-19-28)22-16-11-12-17-23(22)27/h4-5,9,11-12,15-17,20,24-25H,6-7,10,13-14,18-19H2,1-3H3. The van der Waals surface area contributed by atoms with Gasteiger partial charge in [-0.1, -0.05) is 56.5 Å². The first-order chi connectivity index (χ1) is 14.6. The van der Waals surface area contributed by atoms with E-state index >= 15 is 0 Å². The second-order valence-electron chi connectivity index (χ2n) is 7.75. The molecule has 162 valence electrons. The Morgan fingerprint density at radius 2 is 1.90 bits per heavy atom. The number of halogens is 1. The lowest BCUT2D eigenvalue weighted by atomic mass is 9.90. The van der Waals surface area contributed by atoms with Gasteiger partial charge in [0, 0.05) is 17.1 Å². The zero-order valence-electron chi connectivity index (χ0n) is 18.4. The highest BCUT2D eigenvalue weighted by atomic mass is 19.1. The number of allylic oxidation sites excluding steroid dienone is 3. The lowest BCUT2D eigenvalue weighted by Gasteiger charge is -2.35. The molecule has 30 heavy (non-hydrogen) atoms. The van der Waals surface area contributed by atoms with E-state index in [0.717, 1.165) is 45.2 Å². The number of hydrogen-bond donors (Lipinski definition) is 0. The van der Waals surface area contributed by atoms with Gasteiger partial charge in [-0.25, -0.2) is 9.18 Å². The number of benzene rings is 1. The molecule has 0 aromatic heterocycles. The maximum absolute atomic E-state index is 14.7. The van der Waals surface area contributed by atoms with E-state index in [1.807, 2.05) is 30.1 Å². The maximum atomic E-state index is 14.7. The molecular weight excluding hydrogens is 377 g/mol. The molecule has 0 spiro atoms. The number of esters is 1. The van der Waals surface area contributed by atoms with Crippen LogP contribution in [0, 0.1) is 24.1 Å². The van der Waals surface area contributed by atoms with Crippen LogP contribution in [0.3, 0.4) is 0 Å². The van der Waals surface area contributed by atoms with Gasteiger partial charge in [0.05, 0.1) is 0 Å². The van der Waals surface area contributed by atoms with E-state index in [0.29, 0.717) is 11.1 Å². The Hall–Kier alpha value is -2.38. The van der Waals surface area contributed by atoms with Gasteiger partial charge in [0.15, 0.2) is 0 Å². The van der Waals surface area contributed by atoms with Crippen molar-refractivity contribution in [2.45, 2.75) is 65.0 Å². The first-order valence-electron chi connectivity index (χ1n) is 11.1. The van der Waals surface area contributed by atoms with Crippen molar-refractivity contribution in [1.82, 2.24) is 4.90 Å². The molecule has 4 heteroatoms. The normalized spacial score (nSPS) is 17.7. The summed E-state index contributed by atoms with van der Waals surface area (Å²) in [6.45, 7) is 7.54. The summed E-state index contributed by atoms with van der Waals surface area (Å²) in [5.41, 5.74) is 1.01. The predicted octanol–water partition coefficient (Wildman–Crippen LogP) is 5.84. The summed E-state index contributed by atoms with van der Waals surface area (Å²) in [7, 11) is 0. The third kappa shape index (κ3) is 6.06. The van der Waals surface area contributed by atoms with Crippen molar-refractivity contribution in [2.24, 2.45) is 5.92 Å². The fraction of sp³-hybridized carbons (Fsp3) is 0.500. The molecule has 2 rings (SSSR count). The van der Waals surface area contributed by atoms with Crippen LogP contribution in [0.2, 0.25) is 0 Å². The zero-order chi connectivity index (χ0) is 21.9.